The molecule has 2 saturated heterocycles. The number of rotatable bonds is 7. The number of fused-ring (bicyclic) bond motifs is 4. The van der Waals surface area contributed by atoms with Gasteiger partial charge >= 0.3 is 0 Å². The molecule has 1 aromatic carbocycles. The Balaban J connectivity index is 1.27. The Morgan fingerprint density at radius 1 is 1.18 bits per heavy atom. The first-order chi connectivity index (χ1) is 21.9. The fourth-order valence-corrected chi connectivity index (χ4v) is 7.88. The van der Waals surface area contributed by atoms with Crippen molar-refractivity contribution >= 4 is 5.69 Å². The number of likely N-dealkylation sites (tertiary alicyclic amines) is 1. The zero-order chi connectivity index (χ0) is 31.1. The number of nitrogens with two attached hydrogens (primary N) is 1. The third-order valence-electron chi connectivity index (χ3n) is 10.0. The Bertz CT molecular complexity index is 1590. The second kappa shape index (κ2) is 12.2. The van der Waals surface area contributed by atoms with E-state index in [2.05, 4.69) is 41.5 Å². The average Bonchev–Trinajstić information content (AvgIpc) is 3.66. The van der Waals surface area contributed by atoms with Crippen molar-refractivity contribution in [3.05, 3.63) is 46.2 Å². The molecule has 12 heteroatoms. The van der Waals surface area contributed by atoms with Crippen LogP contribution in [0.25, 0.3) is 11.5 Å². The van der Waals surface area contributed by atoms with Crippen LogP contribution in [-0.4, -0.2) is 85.0 Å². The molecule has 2 fully saturated rings. The van der Waals surface area contributed by atoms with Gasteiger partial charge in [0.2, 0.25) is 11.8 Å². The Hall–Kier alpha value is -3.76. The molecule has 0 saturated carbocycles. The monoisotopic (exact) mass is 615 g/mol. The first-order valence-corrected chi connectivity index (χ1v) is 16.0. The highest BCUT2D eigenvalue weighted by molar-refractivity contribution is 5.67. The molecule has 3 aromatic rings. The van der Waals surface area contributed by atoms with E-state index in [4.69, 9.17) is 39.2 Å². The number of hydrogen-bond acceptors (Lipinski definition) is 12. The molecular formula is C33H41N7O5. The van der Waals surface area contributed by atoms with Crippen molar-refractivity contribution in [2.75, 3.05) is 46.3 Å². The highest BCUT2D eigenvalue weighted by atomic mass is 16.5. The van der Waals surface area contributed by atoms with Crippen molar-refractivity contribution in [2.24, 2.45) is 0 Å². The van der Waals surface area contributed by atoms with Crippen LogP contribution in [0.2, 0.25) is 0 Å². The highest BCUT2D eigenvalue weighted by Gasteiger charge is 2.48. The van der Waals surface area contributed by atoms with Gasteiger partial charge in [-0.1, -0.05) is 11.2 Å². The van der Waals surface area contributed by atoms with Gasteiger partial charge in [-0.15, -0.1) is 0 Å². The third-order valence-corrected chi connectivity index (χ3v) is 10.0. The summed E-state index contributed by atoms with van der Waals surface area (Å²) < 4.78 is 30.2. The van der Waals surface area contributed by atoms with Crippen LogP contribution < -0.4 is 20.5 Å². The molecule has 238 valence electrons. The number of methoxy groups -OCH3 is 1. The number of likely N-dealkylation sites (N-methyl/N-ethyl adjacent to an activating group) is 1. The fraction of sp³-hybridized carbons (Fsp3) is 0.576. The van der Waals surface area contributed by atoms with Crippen molar-refractivity contribution in [3.8, 4) is 29.3 Å². The summed E-state index contributed by atoms with van der Waals surface area (Å²) in [6.45, 7) is 4.50. The van der Waals surface area contributed by atoms with E-state index in [1.54, 1.807) is 13.2 Å². The maximum atomic E-state index is 10.2. The number of nitriles is 1. The average molecular weight is 616 g/mol. The minimum atomic E-state index is -0.467. The lowest BCUT2D eigenvalue weighted by Crippen LogP contribution is -2.42. The summed E-state index contributed by atoms with van der Waals surface area (Å²) in [6.07, 6.45) is 5.97. The normalized spacial score (nSPS) is 27.0. The minimum Gasteiger partial charge on any atom is -0.473 e. The molecule has 4 heterocycles. The van der Waals surface area contributed by atoms with Gasteiger partial charge in [0.05, 0.1) is 36.5 Å². The molecule has 0 bridgehead atoms. The minimum absolute atomic E-state index is 0.159. The van der Waals surface area contributed by atoms with E-state index in [0.29, 0.717) is 54.4 Å². The summed E-state index contributed by atoms with van der Waals surface area (Å²) in [5, 5.41) is 18.0. The summed E-state index contributed by atoms with van der Waals surface area (Å²) in [4.78, 5) is 12.0. The smallest absolute Gasteiger partial charge is 0.221 e. The second-order valence-electron chi connectivity index (χ2n) is 12.8. The molecule has 5 atom stereocenters. The van der Waals surface area contributed by atoms with Gasteiger partial charge < -0.3 is 29.2 Å². The molecule has 0 amide bonds. The van der Waals surface area contributed by atoms with Crippen molar-refractivity contribution in [3.63, 3.8) is 0 Å². The van der Waals surface area contributed by atoms with E-state index in [9.17, 15) is 5.26 Å². The molecule has 2 aliphatic carbocycles. The molecular weight excluding hydrogens is 574 g/mol. The van der Waals surface area contributed by atoms with Crippen LogP contribution in [0.3, 0.4) is 0 Å². The number of nitrogens with zero attached hydrogens (tertiary/aromatic N) is 5. The molecule has 3 N–H and O–H groups in total. The Morgan fingerprint density at radius 3 is 2.76 bits per heavy atom. The van der Waals surface area contributed by atoms with Crippen molar-refractivity contribution in [2.45, 2.75) is 81.6 Å². The van der Waals surface area contributed by atoms with Crippen LogP contribution in [-0.2, 0) is 27.7 Å². The summed E-state index contributed by atoms with van der Waals surface area (Å²) in [5.74, 6) is 1.98. The largest absolute Gasteiger partial charge is 0.473 e. The van der Waals surface area contributed by atoms with Gasteiger partial charge in [-0.05, 0) is 76.1 Å². The molecule has 12 nitrogen and oxygen atoms in total. The maximum absolute atomic E-state index is 10.2. The molecule has 7 rings (SSSR count). The van der Waals surface area contributed by atoms with E-state index < -0.39 is 5.41 Å². The highest BCUT2D eigenvalue weighted by Crippen LogP contribution is 2.53. The summed E-state index contributed by atoms with van der Waals surface area (Å²) in [5.41, 5.74) is 10.6. The topological polar surface area (TPSA) is 154 Å². The van der Waals surface area contributed by atoms with E-state index in [-0.39, 0.29) is 24.4 Å². The van der Waals surface area contributed by atoms with E-state index >= 15 is 0 Å². The Kier molecular flexibility index (Phi) is 8.12. The van der Waals surface area contributed by atoms with Crippen LogP contribution in [0.5, 0.6) is 11.8 Å². The lowest BCUT2D eigenvalue weighted by molar-refractivity contribution is 0.00105. The quantitative estimate of drug-likeness (QED) is 0.375. The van der Waals surface area contributed by atoms with Gasteiger partial charge in [-0.2, -0.15) is 15.2 Å². The first-order valence-electron chi connectivity index (χ1n) is 16.0. The fourth-order valence-electron chi connectivity index (χ4n) is 7.88. The van der Waals surface area contributed by atoms with Crippen molar-refractivity contribution < 1.29 is 23.5 Å². The lowest BCUT2D eigenvalue weighted by Gasteiger charge is -2.41. The van der Waals surface area contributed by atoms with Gasteiger partial charge in [-0.3, -0.25) is 10.2 Å². The number of anilines is 1. The number of nitrogens with one attached hydrogen (secondary N) is 1. The molecule has 2 aromatic heterocycles. The van der Waals surface area contributed by atoms with Crippen molar-refractivity contribution in [1.29, 1.82) is 5.26 Å². The standard InChI is InChI=1S/C33H41N7O5/c1-19(26-12-21(41-3)16-40(26)2)43-27-13-28(44-22-15-36-18-42-17-22)38-32(37-27)30-23-7-5-11-33(31(23)45-39-30)10-4-6-20-8-9-25(35)24(14-34)29(20)33/h8-9,13,19,21-22,26,36H,4-7,10-12,15-18,35H2,1-3H3. The number of hydrogen-bond donors (Lipinski definition) is 2. The zero-order valence-corrected chi connectivity index (χ0v) is 26.2. The summed E-state index contributed by atoms with van der Waals surface area (Å²) in [6, 6.07) is 8.22. The third kappa shape index (κ3) is 5.42. The van der Waals surface area contributed by atoms with Gasteiger partial charge in [0.25, 0.3) is 0 Å². The van der Waals surface area contributed by atoms with Gasteiger partial charge in [0.1, 0.15) is 18.3 Å². The van der Waals surface area contributed by atoms with Crippen LogP contribution in [0.1, 0.15) is 67.0 Å². The predicted molar refractivity (Wildman–Crippen MR) is 165 cm³/mol. The van der Waals surface area contributed by atoms with Gasteiger partial charge in [0, 0.05) is 37.5 Å². The molecule has 2 aliphatic heterocycles. The van der Waals surface area contributed by atoms with E-state index in [1.807, 2.05) is 6.07 Å². The number of aryl methyl sites for hydroxylation is 1. The van der Waals surface area contributed by atoms with E-state index in [1.165, 1.54) is 0 Å². The van der Waals surface area contributed by atoms with Crippen LogP contribution in [0.15, 0.2) is 22.7 Å². The van der Waals surface area contributed by atoms with Gasteiger partial charge in [-0.25, -0.2) is 0 Å². The maximum Gasteiger partial charge on any atom is 0.221 e. The second-order valence-corrected chi connectivity index (χ2v) is 12.8. The summed E-state index contributed by atoms with van der Waals surface area (Å²) in [7, 11) is 3.84. The van der Waals surface area contributed by atoms with Crippen LogP contribution >= 0.6 is 0 Å². The number of ether oxygens (including phenoxy) is 4. The van der Waals surface area contributed by atoms with Crippen LogP contribution in [0, 0.1) is 11.3 Å². The van der Waals surface area contributed by atoms with E-state index in [0.717, 1.165) is 73.9 Å². The SMILES string of the molecule is COC1CC(C(C)Oc2cc(OC3CNCOC3)nc(-c3noc4c3CCCC43CCCc4ccc(N)c(C#N)c43)n2)N(C)C1. The number of benzene rings is 1. The first kappa shape index (κ1) is 29.9. The lowest BCUT2D eigenvalue weighted by atomic mass is 9.61. The molecule has 0 radical (unpaired) electrons. The molecule has 1 spiro atoms. The number of nitrogen functional groups attached to an aromatic ring is 1. The molecule has 5 unspecified atom stereocenters. The Labute approximate surface area is 263 Å². The van der Waals surface area contributed by atoms with Crippen molar-refractivity contribution in [1.82, 2.24) is 25.3 Å². The number of aromatic nitrogens is 3. The molecule has 45 heavy (non-hydrogen) atoms. The molecule has 4 aliphatic rings. The summed E-state index contributed by atoms with van der Waals surface area (Å²) >= 11 is 0. The Morgan fingerprint density at radius 2 is 2.00 bits per heavy atom. The zero-order valence-electron chi connectivity index (χ0n) is 26.2. The predicted octanol–water partition coefficient (Wildman–Crippen LogP) is 3.36. The van der Waals surface area contributed by atoms with Crippen LogP contribution in [0.4, 0.5) is 5.69 Å². The van der Waals surface area contributed by atoms with Gasteiger partial charge in [0.15, 0.2) is 17.3 Å².